The first kappa shape index (κ1) is 8.74. The molecule has 0 atom stereocenters. The maximum absolute atomic E-state index is 11.2. The number of pyridine rings is 1. The first-order chi connectivity index (χ1) is 6.75. The van der Waals surface area contributed by atoms with E-state index in [4.69, 9.17) is 0 Å². The normalized spacial score (nSPS) is 16.2. The highest BCUT2D eigenvalue weighted by molar-refractivity contribution is 6.18. The van der Waals surface area contributed by atoms with Crippen molar-refractivity contribution in [3.8, 4) is 0 Å². The SMILES string of the molecule is CC1=NC(=O)CC(c2ccccn2)=N1. The van der Waals surface area contributed by atoms with E-state index < -0.39 is 0 Å². The number of aliphatic imine (C=N–C) groups is 2. The summed E-state index contributed by atoms with van der Waals surface area (Å²) in [5.41, 5.74) is 1.44. The quantitative estimate of drug-likeness (QED) is 0.663. The summed E-state index contributed by atoms with van der Waals surface area (Å²) < 4.78 is 0. The van der Waals surface area contributed by atoms with Gasteiger partial charge in [-0.15, -0.1) is 0 Å². The largest absolute Gasteiger partial charge is 0.272 e. The molecule has 0 aliphatic carbocycles. The summed E-state index contributed by atoms with van der Waals surface area (Å²) in [6, 6.07) is 5.54. The monoisotopic (exact) mass is 187 g/mol. The molecular formula is C10H9N3O. The Morgan fingerprint density at radius 2 is 2.14 bits per heavy atom. The zero-order valence-corrected chi connectivity index (χ0v) is 7.77. The predicted octanol–water partition coefficient (Wildman–Crippen LogP) is 1.22. The van der Waals surface area contributed by atoms with Crippen LogP contribution < -0.4 is 0 Å². The highest BCUT2D eigenvalue weighted by atomic mass is 16.1. The predicted molar refractivity (Wildman–Crippen MR) is 53.5 cm³/mol. The van der Waals surface area contributed by atoms with Crippen molar-refractivity contribution in [3.05, 3.63) is 30.1 Å². The van der Waals surface area contributed by atoms with Gasteiger partial charge in [0.25, 0.3) is 5.91 Å². The van der Waals surface area contributed by atoms with E-state index in [1.54, 1.807) is 13.1 Å². The average molecular weight is 187 g/mol. The number of aromatic nitrogens is 1. The molecule has 2 heterocycles. The summed E-state index contributed by atoms with van der Waals surface area (Å²) in [4.78, 5) is 23.2. The van der Waals surface area contributed by atoms with Crippen molar-refractivity contribution in [2.75, 3.05) is 0 Å². The molecule has 1 aliphatic rings. The molecule has 0 radical (unpaired) electrons. The fourth-order valence-electron chi connectivity index (χ4n) is 1.30. The van der Waals surface area contributed by atoms with E-state index in [1.165, 1.54) is 0 Å². The molecule has 70 valence electrons. The van der Waals surface area contributed by atoms with Crippen molar-refractivity contribution in [3.63, 3.8) is 0 Å². The van der Waals surface area contributed by atoms with Gasteiger partial charge in [0.2, 0.25) is 0 Å². The Balaban J connectivity index is 2.37. The van der Waals surface area contributed by atoms with E-state index >= 15 is 0 Å². The highest BCUT2D eigenvalue weighted by Crippen LogP contribution is 2.07. The van der Waals surface area contributed by atoms with Crippen LogP contribution in [0.2, 0.25) is 0 Å². The molecule has 0 saturated heterocycles. The van der Waals surface area contributed by atoms with E-state index in [9.17, 15) is 4.79 Å². The summed E-state index contributed by atoms with van der Waals surface area (Å²) in [6.45, 7) is 1.71. The van der Waals surface area contributed by atoms with Crippen molar-refractivity contribution in [2.24, 2.45) is 9.98 Å². The molecule has 1 amide bonds. The molecule has 0 N–H and O–H groups in total. The molecule has 0 bridgehead atoms. The molecule has 4 nitrogen and oxygen atoms in total. The third kappa shape index (κ3) is 1.74. The van der Waals surface area contributed by atoms with E-state index in [0.29, 0.717) is 11.5 Å². The third-order valence-corrected chi connectivity index (χ3v) is 1.86. The van der Waals surface area contributed by atoms with Crippen LogP contribution in [0.3, 0.4) is 0 Å². The Morgan fingerprint density at radius 1 is 1.29 bits per heavy atom. The average Bonchev–Trinajstić information content (AvgIpc) is 2.18. The van der Waals surface area contributed by atoms with E-state index in [0.717, 1.165) is 5.69 Å². The maximum atomic E-state index is 11.2. The Hall–Kier alpha value is -1.84. The van der Waals surface area contributed by atoms with Crippen LogP contribution in [0.5, 0.6) is 0 Å². The molecule has 1 aromatic rings. The van der Waals surface area contributed by atoms with E-state index in [-0.39, 0.29) is 12.3 Å². The van der Waals surface area contributed by atoms with Crippen molar-refractivity contribution >= 4 is 17.5 Å². The van der Waals surface area contributed by atoms with Gasteiger partial charge in [0.15, 0.2) is 0 Å². The van der Waals surface area contributed by atoms with Gasteiger partial charge in [-0.3, -0.25) is 9.78 Å². The second-order valence-corrected chi connectivity index (χ2v) is 3.00. The molecule has 0 saturated carbocycles. The smallest absolute Gasteiger partial charge is 0.253 e. The molecule has 1 aromatic heterocycles. The van der Waals surface area contributed by atoms with Crippen molar-refractivity contribution < 1.29 is 4.79 Å². The third-order valence-electron chi connectivity index (χ3n) is 1.86. The van der Waals surface area contributed by atoms with Crippen LogP contribution in [-0.4, -0.2) is 22.4 Å². The van der Waals surface area contributed by atoms with Gasteiger partial charge in [-0.25, -0.2) is 4.99 Å². The molecule has 4 heteroatoms. The second kappa shape index (κ2) is 3.49. The molecular weight excluding hydrogens is 178 g/mol. The maximum Gasteiger partial charge on any atom is 0.253 e. The fraction of sp³-hybridized carbons (Fsp3) is 0.200. The summed E-state index contributed by atoms with van der Waals surface area (Å²) in [6.07, 6.45) is 1.93. The minimum Gasteiger partial charge on any atom is -0.272 e. The Morgan fingerprint density at radius 3 is 2.79 bits per heavy atom. The second-order valence-electron chi connectivity index (χ2n) is 3.00. The standard InChI is InChI=1S/C10H9N3O/c1-7-12-9(6-10(14)13-7)8-4-2-3-5-11-8/h2-5H,6H2,1H3. The number of amides is 1. The lowest BCUT2D eigenvalue weighted by Gasteiger charge is -2.07. The molecule has 2 rings (SSSR count). The molecule has 0 aromatic carbocycles. The summed E-state index contributed by atoms with van der Waals surface area (Å²) in [5.74, 6) is 0.347. The number of carbonyl (C=O) groups is 1. The fourth-order valence-corrected chi connectivity index (χ4v) is 1.30. The Bertz CT molecular complexity index is 420. The lowest BCUT2D eigenvalue weighted by molar-refractivity contribution is -0.116. The van der Waals surface area contributed by atoms with Crippen LogP contribution in [0.15, 0.2) is 34.4 Å². The lowest BCUT2D eigenvalue weighted by Crippen LogP contribution is -2.16. The van der Waals surface area contributed by atoms with E-state index in [1.807, 2.05) is 18.2 Å². The van der Waals surface area contributed by atoms with Crippen molar-refractivity contribution in [1.82, 2.24) is 4.98 Å². The van der Waals surface area contributed by atoms with Crippen LogP contribution in [-0.2, 0) is 4.79 Å². The van der Waals surface area contributed by atoms with E-state index in [2.05, 4.69) is 15.0 Å². The van der Waals surface area contributed by atoms with Crippen LogP contribution >= 0.6 is 0 Å². The first-order valence-electron chi connectivity index (χ1n) is 4.33. The minimum atomic E-state index is -0.154. The topological polar surface area (TPSA) is 54.7 Å². The first-order valence-corrected chi connectivity index (χ1v) is 4.33. The van der Waals surface area contributed by atoms with Crippen LogP contribution in [0.4, 0.5) is 0 Å². The van der Waals surface area contributed by atoms with Gasteiger partial charge in [0.1, 0.15) is 5.84 Å². The number of carbonyl (C=O) groups excluding carboxylic acids is 1. The van der Waals surface area contributed by atoms with Crippen LogP contribution in [0, 0.1) is 0 Å². The zero-order chi connectivity index (χ0) is 9.97. The van der Waals surface area contributed by atoms with Gasteiger partial charge in [-0.05, 0) is 19.1 Å². The zero-order valence-electron chi connectivity index (χ0n) is 7.77. The number of nitrogens with zero attached hydrogens (tertiary/aromatic N) is 3. The Kier molecular flexibility index (Phi) is 2.18. The minimum absolute atomic E-state index is 0.154. The van der Waals surface area contributed by atoms with Gasteiger partial charge < -0.3 is 0 Å². The summed E-state index contributed by atoms with van der Waals surface area (Å²) in [7, 11) is 0. The van der Waals surface area contributed by atoms with Crippen LogP contribution in [0.25, 0.3) is 0 Å². The Labute approximate surface area is 81.4 Å². The molecule has 1 aliphatic heterocycles. The number of amidine groups is 1. The van der Waals surface area contributed by atoms with Crippen LogP contribution in [0.1, 0.15) is 19.0 Å². The molecule has 0 spiro atoms. The van der Waals surface area contributed by atoms with Gasteiger partial charge >= 0.3 is 0 Å². The lowest BCUT2D eigenvalue weighted by atomic mass is 10.1. The summed E-state index contributed by atoms with van der Waals surface area (Å²) >= 11 is 0. The molecule has 0 unspecified atom stereocenters. The number of rotatable bonds is 1. The number of hydrogen-bond acceptors (Lipinski definition) is 3. The summed E-state index contributed by atoms with van der Waals surface area (Å²) in [5, 5.41) is 0. The van der Waals surface area contributed by atoms with Gasteiger partial charge in [-0.2, -0.15) is 4.99 Å². The van der Waals surface area contributed by atoms with Crippen molar-refractivity contribution in [2.45, 2.75) is 13.3 Å². The van der Waals surface area contributed by atoms with Crippen molar-refractivity contribution in [1.29, 1.82) is 0 Å². The molecule has 14 heavy (non-hydrogen) atoms. The van der Waals surface area contributed by atoms with Gasteiger partial charge in [0, 0.05) is 6.20 Å². The molecule has 0 fully saturated rings. The highest BCUT2D eigenvalue weighted by Gasteiger charge is 2.14. The van der Waals surface area contributed by atoms with Gasteiger partial charge in [-0.1, -0.05) is 6.07 Å². The number of hydrogen-bond donors (Lipinski definition) is 0. The van der Waals surface area contributed by atoms with Gasteiger partial charge in [0.05, 0.1) is 17.8 Å².